The summed E-state index contributed by atoms with van der Waals surface area (Å²) < 4.78 is 0. The first-order valence-electron chi connectivity index (χ1n) is 5.60. The Balaban J connectivity index is 2.37. The van der Waals surface area contributed by atoms with Gasteiger partial charge in [-0.25, -0.2) is 4.98 Å². The fourth-order valence-corrected chi connectivity index (χ4v) is 1.78. The van der Waals surface area contributed by atoms with E-state index in [0.717, 1.165) is 5.39 Å². The largest absolute Gasteiger partial charge is 0.480 e. The summed E-state index contributed by atoms with van der Waals surface area (Å²) in [5.41, 5.74) is 0.695. The predicted molar refractivity (Wildman–Crippen MR) is 69.2 cm³/mol. The van der Waals surface area contributed by atoms with E-state index in [2.05, 4.69) is 4.98 Å². The van der Waals surface area contributed by atoms with Crippen LogP contribution in [0.4, 0.5) is 5.82 Å². The van der Waals surface area contributed by atoms with Crippen LogP contribution in [0.15, 0.2) is 36.4 Å². The topological polar surface area (TPSA) is 90.7 Å². The van der Waals surface area contributed by atoms with Crippen LogP contribution in [0.25, 0.3) is 10.9 Å². The number of aliphatic carboxylic acids is 2. The second kappa shape index (κ2) is 5.34. The zero-order chi connectivity index (χ0) is 13.8. The third-order valence-corrected chi connectivity index (χ3v) is 2.56. The maximum Gasteiger partial charge on any atom is 0.323 e. The van der Waals surface area contributed by atoms with E-state index in [9.17, 15) is 9.59 Å². The second-order valence-electron chi connectivity index (χ2n) is 4.01. The molecule has 2 aromatic rings. The van der Waals surface area contributed by atoms with E-state index in [0.29, 0.717) is 11.3 Å². The fourth-order valence-electron chi connectivity index (χ4n) is 1.78. The summed E-state index contributed by atoms with van der Waals surface area (Å²) in [6.45, 7) is -0.810. The van der Waals surface area contributed by atoms with Crippen LogP contribution in [0.1, 0.15) is 0 Å². The fraction of sp³-hybridized carbons (Fsp3) is 0.154. The van der Waals surface area contributed by atoms with Gasteiger partial charge in [-0.2, -0.15) is 0 Å². The molecule has 0 unspecified atom stereocenters. The van der Waals surface area contributed by atoms with Crippen molar-refractivity contribution in [2.24, 2.45) is 0 Å². The van der Waals surface area contributed by atoms with Gasteiger partial charge in [0.15, 0.2) is 0 Å². The normalized spacial score (nSPS) is 10.3. The molecule has 98 valence electrons. The Morgan fingerprint density at radius 1 is 1.00 bits per heavy atom. The highest BCUT2D eigenvalue weighted by Crippen LogP contribution is 2.17. The number of pyridine rings is 1. The van der Waals surface area contributed by atoms with Crippen LogP contribution in [0, 0.1) is 0 Å². The molecule has 2 rings (SSSR count). The van der Waals surface area contributed by atoms with Crippen molar-refractivity contribution in [1.29, 1.82) is 0 Å². The summed E-state index contributed by atoms with van der Waals surface area (Å²) in [5.74, 6) is -1.86. The third-order valence-electron chi connectivity index (χ3n) is 2.56. The minimum Gasteiger partial charge on any atom is -0.480 e. The van der Waals surface area contributed by atoms with Gasteiger partial charge in [0.2, 0.25) is 0 Å². The lowest BCUT2D eigenvalue weighted by atomic mass is 10.2. The Labute approximate surface area is 108 Å². The first kappa shape index (κ1) is 12.8. The maximum atomic E-state index is 10.8. The number of hydrogen-bond acceptors (Lipinski definition) is 4. The first-order valence-corrected chi connectivity index (χ1v) is 5.60. The lowest BCUT2D eigenvalue weighted by molar-refractivity contribution is -0.136. The Kier molecular flexibility index (Phi) is 3.61. The van der Waals surface area contributed by atoms with Gasteiger partial charge in [0.25, 0.3) is 0 Å². The minimum atomic E-state index is -1.10. The van der Waals surface area contributed by atoms with Crippen LogP contribution in [0.5, 0.6) is 0 Å². The van der Waals surface area contributed by atoms with Gasteiger partial charge in [-0.15, -0.1) is 0 Å². The Morgan fingerprint density at radius 2 is 1.63 bits per heavy atom. The van der Waals surface area contributed by atoms with Crippen molar-refractivity contribution < 1.29 is 19.8 Å². The monoisotopic (exact) mass is 260 g/mol. The molecular formula is C13H12N2O4. The van der Waals surface area contributed by atoms with Crippen LogP contribution in [0.3, 0.4) is 0 Å². The molecule has 0 aliphatic carbocycles. The van der Waals surface area contributed by atoms with Crippen molar-refractivity contribution in [2.75, 3.05) is 18.0 Å². The molecule has 19 heavy (non-hydrogen) atoms. The summed E-state index contributed by atoms with van der Waals surface area (Å²) in [6, 6.07) is 10.8. The first-order chi connectivity index (χ1) is 9.06. The van der Waals surface area contributed by atoms with Gasteiger partial charge in [-0.3, -0.25) is 9.59 Å². The lowest BCUT2D eigenvalue weighted by Crippen LogP contribution is -2.35. The summed E-state index contributed by atoms with van der Waals surface area (Å²) in [5, 5.41) is 18.5. The molecule has 0 radical (unpaired) electrons. The number of carbonyl (C=O) groups is 2. The smallest absolute Gasteiger partial charge is 0.323 e. The molecule has 0 fully saturated rings. The summed E-state index contributed by atoms with van der Waals surface area (Å²) in [4.78, 5) is 27.0. The summed E-state index contributed by atoms with van der Waals surface area (Å²) in [6.07, 6.45) is 0. The number of fused-ring (bicyclic) bond motifs is 1. The predicted octanol–water partition coefficient (Wildman–Crippen LogP) is 1.21. The standard InChI is InChI=1S/C13H12N2O4/c16-12(17)7-15(8-13(18)19)11-6-5-9-3-1-2-4-10(9)14-11/h1-6H,7-8H2,(H,16,17)(H,18,19). The maximum absolute atomic E-state index is 10.8. The summed E-state index contributed by atoms with van der Waals surface area (Å²) >= 11 is 0. The molecule has 0 bridgehead atoms. The van der Waals surface area contributed by atoms with Crippen LogP contribution in [-0.4, -0.2) is 40.2 Å². The number of nitrogens with zero attached hydrogens (tertiary/aromatic N) is 2. The van der Waals surface area contributed by atoms with Gasteiger partial charge in [0.05, 0.1) is 5.52 Å². The molecule has 1 aromatic carbocycles. The quantitative estimate of drug-likeness (QED) is 0.839. The van der Waals surface area contributed by atoms with E-state index in [1.807, 2.05) is 18.2 Å². The molecule has 1 aromatic heterocycles. The average Bonchev–Trinajstić information content (AvgIpc) is 2.36. The van der Waals surface area contributed by atoms with E-state index in [-0.39, 0.29) is 0 Å². The van der Waals surface area contributed by atoms with Gasteiger partial charge < -0.3 is 15.1 Å². The van der Waals surface area contributed by atoms with Gasteiger partial charge in [-0.05, 0) is 18.2 Å². The number of carboxylic acids is 2. The second-order valence-corrected chi connectivity index (χ2v) is 4.01. The molecule has 0 amide bonds. The molecular weight excluding hydrogens is 248 g/mol. The van der Waals surface area contributed by atoms with Gasteiger partial charge in [-0.1, -0.05) is 18.2 Å². The highest BCUT2D eigenvalue weighted by atomic mass is 16.4. The Morgan fingerprint density at radius 3 is 2.26 bits per heavy atom. The molecule has 2 N–H and O–H groups in total. The van der Waals surface area contributed by atoms with Crippen molar-refractivity contribution in [3.05, 3.63) is 36.4 Å². The van der Waals surface area contributed by atoms with Crippen molar-refractivity contribution in [3.8, 4) is 0 Å². The van der Waals surface area contributed by atoms with E-state index in [1.54, 1.807) is 18.2 Å². The third kappa shape index (κ3) is 3.19. The zero-order valence-corrected chi connectivity index (χ0v) is 9.98. The number of hydrogen-bond donors (Lipinski definition) is 2. The molecule has 0 aliphatic heterocycles. The minimum absolute atomic E-state index is 0.337. The SMILES string of the molecule is O=C(O)CN(CC(=O)O)c1ccc2ccccc2n1. The molecule has 1 heterocycles. The van der Waals surface area contributed by atoms with Crippen molar-refractivity contribution in [3.63, 3.8) is 0 Å². The Hall–Kier alpha value is -2.63. The van der Waals surface area contributed by atoms with Gasteiger partial charge in [0, 0.05) is 5.39 Å². The molecule has 0 atom stereocenters. The molecule has 0 aliphatic rings. The van der Waals surface area contributed by atoms with E-state index >= 15 is 0 Å². The molecule has 0 saturated heterocycles. The zero-order valence-electron chi connectivity index (χ0n) is 9.98. The lowest BCUT2D eigenvalue weighted by Gasteiger charge is -2.19. The summed E-state index contributed by atoms with van der Waals surface area (Å²) in [7, 11) is 0. The van der Waals surface area contributed by atoms with Crippen molar-refractivity contribution >= 4 is 28.7 Å². The highest BCUT2D eigenvalue weighted by molar-refractivity contribution is 5.83. The molecule has 0 saturated carbocycles. The van der Waals surface area contributed by atoms with Crippen LogP contribution in [0.2, 0.25) is 0 Å². The Bertz CT molecular complexity index is 611. The number of carboxylic acid groups (broad SMARTS) is 2. The van der Waals surface area contributed by atoms with Gasteiger partial charge >= 0.3 is 11.9 Å². The van der Waals surface area contributed by atoms with Crippen LogP contribution in [-0.2, 0) is 9.59 Å². The molecule has 6 nitrogen and oxygen atoms in total. The van der Waals surface area contributed by atoms with Crippen LogP contribution >= 0.6 is 0 Å². The highest BCUT2D eigenvalue weighted by Gasteiger charge is 2.15. The molecule has 6 heteroatoms. The van der Waals surface area contributed by atoms with Crippen LogP contribution < -0.4 is 4.90 Å². The molecule has 0 spiro atoms. The number of anilines is 1. The average molecular weight is 260 g/mol. The number of rotatable bonds is 5. The van der Waals surface area contributed by atoms with Crippen molar-refractivity contribution in [2.45, 2.75) is 0 Å². The van der Waals surface area contributed by atoms with E-state index < -0.39 is 25.0 Å². The number of aromatic nitrogens is 1. The van der Waals surface area contributed by atoms with Crippen molar-refractivity contribution in [1.82, 2.24) is 4.98 Å². The number of benzene rings is 1. The van der Waals surface area contributed by atoms with E-state index in [1.165, 1.54) is 4.90 Å². The van der Waals surface area contributed by atoms with E-state index in [4.69, 9.17) is 10.2 Å². The number of para-hydroxylation sites is 1. The van der Waals surface area contributed by atoms with Gasteiger partial charge in [0.1, 0.15) is 18.9 Å².